The van der Waals surface area contributed by atoms with E-state index in [9.17, 15) is 0 Å². The van der Waals surface area contributed by atoms with Gasteiger partial charge >= 0.3 is 0 Å². The quantitative estimate of drug-likeness (QED) is 0.373. The molecule has 0 nitrogen and oxygen atoms in total. The van der Waals surface area contributed by atoms with Crippen LogP contribution in [0.5, 0.6) is 0 Å². The second-order valence-electron chi connectivity index (χ2n) is 0.471. The average molecular weight is 202 g/mol. The predicted molar refractivity (Wildman–Crippen MR) is 39.5 cm³/mol. The third-order valence-electron chi connectivity index (χ3n) is 0.129. The molecular weight excluding hydrogens is 195 g/mol. The zero-order valence-electron chi connectivity index (χ0n) is 2.85. The van der Waals surface area contributed by atoms with E-state index in [1.807, 2.05) is 0 Å². The van der Waals surface area contributed by atoms with Crippen molar-refractivity contribution in [1.29, 1.82) is 0 Å². The summed E-state index contributed by atoms with van der Waals surface area (Å²) in [5.74, 6) is 0.778. The van der Waals surface area contributed by atoms with Gasteiger partial charge < -0.3 is 0 Å². The number of halogens is 1. The SMILES string of the molecule is C=CCS.I. The molecule has 0 atom stereocenters. The predicted octanol–water partition coefficient (Wildman–Crippen LogP) is 1.72. The van der Waals surface area contributed by atoms with E-state index in [2.05, 4.69) is 19.2 Å². The summed E-state index contributed by atoms with van der Waals surface area (Å²) in [6.45, 7) is 3.40. The second-order valence-corrected chi connectivity index (χ2v) is 0.836. The Labute approximate surface area is 55.1 Å². The van der Waals surface area contributed by atoms with E-state index in [4.69, 9.17) is 0 Å². The lowest BCUT2D eigenvalue weighted by atomic mass is 10.8. The molecule has 2 heteroatoms. The summed E-state index contributed by atoms with van der Waals surface area (Å²) in [6, 6.07) is 0. The molecule has 5 heavy (non-hydrogen) atoms. The van der Waals surface area contributed by atoms with Crippen molar-refractivity contribution in [3.8, 4) is 0 Å². The van der Waals surface area contributed by atoms with Crippen LogP contribution in [-0.2, 0) is 0 Å². The summed E-state index contributed by atoms with van der Waals surface area (Å²) in [7, 11) is 0. The van der Waals surface area contributed by atoms with Gasteiger partial charge in [-0.1, -0.05) is 6.08 Å². The highest BCUT2D eigenvalue weighted by molar-refractivity contribution is 14.0. The fourth-order valence-electron chi connectivity index (χ4n) is 0. The molecular formula is C3H7IS. The van der Waals surface area contributed by atoms with Crippen LogP contribution < -0.4 is 0 Å². The van der Waals surface area contributed by atoms with Gasteiger partial charge in [0.1, 0.15) is 0 Å². The van der Waals surface area contributed by atoms with E-state index in [1.54, 1.807) is 6.08 Å². The van der Waals surface area contributed by atoms with Gasteiger partial charge in [0.05, 0.1) is 0 Å². The third-order valence-corrected chi connectivity index (χ3v) is 0.387. The molecule has 0 saturated heterocycles. The Morgan fingerprint density at radius 3 is 2.00 bits per heavy atom. The van der Waals surface area contributed by atoms with Crippen LogP contribution in [0.25, 0.3) is 0 Å². The van der Waals surface area contributed by atoms with Gasteiger partial charge in [0.15, 0.2) is 0 Å². The van der Waals surface area contributed by atoms with Gasteiger partial charge in [-0.25, -0.2) is 0 Å². The second kappa shape index (κ2) is 8.84. The highest BCUT2D eigenvalue weighted by Gasteiger charge is 1.45. The Morgan fingerprint density at radius 2 is 2.00 bits per heavy atom. The fraction of sp³-hybridized carbons (Fsp3) is 0.333. The van der Waals surface area contributed by atoms with E-state index in [1.165, 1.54) is 0 Å². The first-order valence-corrected chi connectivity index (χ1v) is 1.77. The van der Waals surface area contributed by atoms with E-state index < -0.39 is 0 Å². The first kappa shape index (κ1) is 9.27. The van der Waals surface area contributed by atoms with Gasteiger partial charge in [-0.05, 0) is 0 Å². The number of thiol groups is 1. The van der Waals surface area contributed by atoms with E-state index in [0.717, 1.165) is 5.75 Å². The minimum atomic E-state index is 0. The molecule has 32 valence electrons. The molecule has 0 aliphatic rings. The third kappa shape index (κ3) is 11.6. The van der Waals surface area contributed by atoms with Crippen LogP contribution in [0.15, 0.2) is 12.7 Å². The number of hydrogen-bond acceptors (Lipinski definition) is 1. The van der Waals surface area contributed by atoms with Crippen LogP contribution in [0.3, 0.4) is 0 Å². The molecule has 0 N–H and O–H groups in total. The lowest BCUT2D eigenvalue weighted by Gasteiger charge is -1.57. The lowest BCUT2D eigenvalue weighted by molar-refractivity contribution is 1.85. The maximum Gasteiger partial charge on any atom is 0.00799 e. The van der Waals surface area contributed by atoms with Crippen molar-refractivity contribution in [2.24, 2.45) is 0 Å². The van der Waals surface area contributed by atoms with Crippen LogP contribution in [0.1, 0.15) is 0 Å². The molecule has 0 aliphatic heterocycles. The Balaban J connectivity index is 0. The van der Waals surface area contributed by atoms with E-state index in [0.29, 0.717) is 0 Å². The maximum atomic E-state index is 3.80. The van der Waals surface area contributed by atoms with Gasteiger partial charge in [0.25, 0.3) is 0 Å². The number of rotatable bonds is 1. The van der Waals surface area contributed by atoms with Crippen molar-refractivity contribution >= 4 is 36.6 Å². The Hall–Kier alpha value is 0.820. The van der Waals surface area contributed by atoms with Crippen LogP contribution in [0, 0.1) is 0 Å². The zero-order valence-corrected chi connectivity index (χ0v) is 6.07. The molecule has 0 radical (unpaired) electrons. The van der Waals surface area contributed by atoms with Crippen molar-refractivity contribution in [3.63, 3.8) is 0 Å². The summed E-state index contributed by atoms with van der Waals surface area (Å²) >= 11 is 3.80. The molecule has 0 unspecified atom stereocenters. The first-order chi connectivity index (χ1) is 1.91. The van der Waals surface area contributed by atoms with Gasteiger partial charge in [-0.15, -0.1) is 30.6 Å². The zero-order chi connectivity index (χ0) is 3.41. The van der Waals surface area contributed by atoms with Crippen LogP contribution in [0.2, 0.25) is 0 Å². The van der Waals surface area contributed by atoms with Crippen LogP contribution in [-0.4, -0.2) is 5.75 Å². The van der Waals surface area contributed by atoms with E-state index >= 15 is 0 Å². The molecule has 0 aromatic carbocycles. The molecule has 0 aromatic heterocycles. The first-order valence-electron chi connectivity index (χ1n) is 1.13. The smallest absolute Gasteiger partial charge is 0.00799 e. The average Bonchev–Trinajstić information content (AvgIpc) is 1.37. The molecule has 0 aliphatic carbocycles. The standard InChI is InChI=1S/C3H6S.HI/c1-2-3-4;/h2,4H,1,3H2;1H. The summed E-state index contributed by atoms with van der Waals surface area (Å²) in [5, 5.41) is 0. The van der Waals surface area contributed by atoms with Crippen molar-refractivity contribution < 1.29 is 0 Å². The van der Waals surface area contributed by atoms with Gasteiger partial charge in [-0.3, -0.25) is 0 Å². The molecule has 0 rings (SSSR count). The Morgan fingerprint density at radius 1 is 1.80 bits per heavy atom. The number of hydrogen-bond donors (Lipinski definition) is 1. The summed E-state index contributed by atoms with van der Waals surface area (Å²) < 4.78 is 0. The van der Waals surface area contributed by atoms with Gasteiger partial charge in [0, 0.05) is 5.75 Å². The summed E-state index contributed by atoms with van der Waals surface area (Å²) in [5.41, 5.74) is 0. The topological polar surface area (TPSA) is 0 Å². The molecule has 0 fully saturated rings. The summed E-state index contributed by atoms with van der Waals surface area (Å²) in [6.07, 6.45) is 1.74. The molecule has 0 saturated carbocycles. The van der Waals surface area contributed by atoms with Crippen molar-refractivity contribution in [2.45, 2.75) is 0 Å². The fourth-order valence-corrected chi connectivity index (χ4v) is 0. The highest BCUT2D eigenvalue weighted by atomic mass is 127. The molecule has 0 spiro atoms. The van der Waals surface area contributed by atoms with Crippen molar-refractivity contribution in [3.05, 3.63) is 12.7 Å². The minimum absolute atomic E-state index is 0. The highest BCUT2D eigenvalue weighted by Crippen LogP contribution is 1.65. The van der Waals surface area contributed by atoms with Gasteiger partial charge in [-0.2, -0.15) is 12.6 Å². The lowest BCUT2D eigenvalue weighted by Crippen LogP contribution is -1.45. The van der Waals surface area contributed by atoms with Crippen molar-refractivity contribution in [2.75, 3.05) is 5.75 Å². The van der Waals surface area contributed by atoms with Crippen LogP contribution in [0.4, 0.5) is 0 Å². The Kier molecular flexibility index (Phi) is 16.4. The normalized spacial score (nSPS) is 5.00. The van der Waals surface area contributed by atoms with E-state index in [-0.39, 0.29) is 24.0 Å². The Bertz CT molecular complexity index is 20.9. The van der Waals surface area contributed by atoms with Crippen LogP contribution >= 0.6 is 36.6 Å². The largest absolute Gasteiger partial charge is 0.175 e. The molecule has 0 amide bonds. The molecule has 0 aromatic rings. The maximum absolute atomic E-state index is 3.80. The molecule has 0 heterocycles. The summed E-state index contributed by atoms with van der Waals surface area (Å²) in [4.78, 5) is 0. The molecule has 0 bridgehead atoms. The minimum Gasteiger partial charge on any atom is -0.175 e. The van der Waals surface area contributed by atoms with Crippen molar-refractivity contribution in [1.82, 2.24) is 0 Å². The van der Waals surface area contributed by atoms with Gasteiger partial charge in [0.2, 0.25) is 0 Å². The monoisotopic (exact) mass is 202 g/mol.